The molecule has 0 unspecified atom stereocenters. The zero-order valence-corrected chi connectivity index (χ0v) is 10.8. The fraction of sp³-hybridized carbons (Fsp3) is 0.727. The zero-order valence-electron chi connectivity index (χ0n) is 10.8. The molecule has 1 saturated heterocycles. The van der Waals surface area contributed by atoms with Crippen LogP contribution < -0.4 is 5.32 Å². The summed E-state index contributed by atoms with van der Waals surface area (Å²) in [5, 5.41) is 12.7. The van der Waals surface area contributed by atoms with E-state index in [1.165, 1.54) is 6.20 Å². The van der Waals surface area contributed by atoms with E-state index in [0.29, 0.717) is 12.2 Å². The monoisotopic (exact) mass is 253 g/mol. The highest BCUT2D eigenvalue weighted by Crippen LogP contribution is 2.15. The molecule has 0 aromatic carbocycles. The van der Waals surface area contributed by atoms with Gasteiger partial charge in [0.1, 0.15) is 0 Å². The maximum atomic E-state index is 11.8. The number of nitrogens with zero attached hydrogens (tertiary/aromatic N) is 3. The first-order chi connectivity index (χ1) is 8.59. The molecule has 1 aliphatic heterocycles. The number of carbonyl (C=O) groups excluding carboxylic acids is 1. The quantitative estimate of drug-likeness (QED) is 0.766. The van der Waals surface area contributed by atoms with Crippen LogP contribution in [0.25, 0.3) is 0 Å². The summed E-state index contributed by atoms with van der Waals surface area (Å²) >= 11 is 0. The number of H-pyrrole nitrogens is 1. The maximum absolute atomic E-state index is 11.8. The van der Waals surface area contributed by atoms with E-state index in [1.54, 1.807) is 0 Å². The van der Waals surface area contributed by atoms with Crippen LogP contribution in [0.2, 0.25) is 0 Å². The Hall–Kier alpha value is -1.47. The average Bonchev–Trinajstić information content (AvgIpc) is 2.91. The number of amides is 1. The molecule has 1 aromatic heterocycles. The molecule has 1 aromatic rings. The largest absolute Gasteiger partial charge is 0.379 e. The van der Waals surface area contributed by atoms with Gasteiger partial charge in [-0.25, -0.2) is 0 Å². The highest BCUT2D eigenvalue weighted by atomic mass is 16.5. The van der Waals surface area contributed by atoms with E-state index >= 15 is 0 Å². The molecule has 1 aliphatic rings. The highest BCUT2D eigenvalue weighted by Gasteiger charge is 2.28. The molecule has 0 radical (unpaired) electrons. The standard InChI is InChI=1S/C11H19N5O2/c1-11(2,16-3-5-18-6-4-16)8-12-10(17)9-7-13-15-14-9/h7H,3-6,8H2,1-2H3,(H,12,17)(H,13,14,15). The van der Waals surface area contributed by atoms with Gasteiger partial charge in [-0.2, -0.15) is 15.4 Å². The summed E-state index contributed by atoms with van der Waals surface area (Å²) in [6, 6.07) is 0. The van der Waals surface area contributed by atoms with E-state index in [2.05, 4.69) is 39.5 Å². The van der Waals surface area contributed by atoms with Crippen LogP contribution in [-0.2, 0) is 4.74 Å². The lowest BCUT2D eigenvalue weighted by Crippen LogP contribution is -2.55. The highest BCUT2D eigenvalue weighted by molar-refractivity contribution is 5.91. The van der Waals surface area contributed by atoms with Crippen molar-refractivity contribution in [2.75, 3.05) is 32.8 Å². The molecule has 7 heteroatoms. The van der Waals surface area contributed by atoms with Gasteiger partial charge in [-0.15, -0.1) is 0 Å². The van der Waals surface area contributed by atoms with E-state index in [4.69, 9.17) is 4.74 Å². The maximum Gasteiger partial charge on any atom is 0.273 e. The SMILES string of the molecule is CC(C)(CNC(=O)c1cn[nH]n1)N1CCOCC1. The minimum Gasteiger partial charge on any atom is -0.379 e. The van der Waals surface area contributed by atoms with Crippen LogP contribution in [0.3, 0.4) is 0 Å². The van der Waals surface area contributed by atoms with Gasteiger partial charge in [-0.05, 0) is 13.8 Å². The normalized spacial score (nSPS) is 17.7. The summed E-state index contributed by atoms with van der Waals surface area (Å²) in [4.78, 5) is 14.1. The molecule has 7 nitrogen and oxygen atoms in total. The Kier molecular flexibility index (Phi) is 3.93. The first-order valence-corrected chi connectivity index (χ1v) is 6.06. The number of aromatic amines is 1. The summed E-state index contributed by atoms with van der Waals surface area (Å²) < 4.78 is 5.33. The zero-order chi connectivity index (χ0) is 13.0. The van der Waals surface area contributed by atoms with Crippen LogP contribution in [0, 0.1) is 0 Å². The lowest BCUT2D eigenvalue weighted by atomic mass is 10.0. The van der Waals surface area contributed by atoms with Gasteiger partial charge >= 0.3 is 0 Å². The van der Waals surface area contributed by atoms with Crippen molar-refractivity contribution < 1.29 is 9.53 Å². The molecule has 1 fully saturated rings. The molecule has 0 saturated carbocycles. The average molecular weight is 253 g/mol. The molecule has 0 atom stereocenters. The van der Waals surface area contributed by atoms with Gasteiger partial charge in [0.05, 0.1) is 19.4 Å². The molecule has 1 amide bonds. The third kappa shape index (κ3) is 3.05. The Morgan fingerprint density at radius 2 is 2.28 bits per heavy atom. The smallest absolute Gasteiger partial charge is 0.273 e. The van der Waals surface area contributed by atoms with Crippen LogP contribution in [0.4, 0.5) is 0 Å². The van der Waals surface area contributed by atoms with Crippen molar-refractivity contribution in [3.8, 4) is 0 Å². The van der Waals surface area contributed by atoms with Gasteiger partial charge < -0.3 is 10.1 Å². The summed E-state index contributed by atoms with van der Waals surface area (Å²) in [5.74, 6) is -0.204. The molecular weight excluding hydrogens is 234 g/mol. The summed E-state index contributed by atoms with van der Waals surface area (Å²) in [6.07, 6.45) is 1.41. The minimum absolute atomic E-state index is 0.0941. The Labute approximate surface area is 106 Å². The van der Waals surface area contributed by atoms with Gasteiger partial charge in [-0.1, -0.05) is 0 Å². The van der Waals surface area contributed by atoms with E-state index in [-0.39, 0.29) is 11.4 Å². The number of hydrogen-bond donors (Lipinski definition) is 2. The fourth-order valence-corrected chi connectivity index (χ4v) is 1.98. The van der Waals surface area contributed by atoms with E-state index in [9.17, 15) is 4.79 Å². The van der Waals surface area contributed by atoms with Crippen LogP contribution in [0.5, 0.6) is 0 Å². The lowest BCUT2D eigenvalue weighted by Gasteiger charge is -2.40. The minimum atomic E-state index is -0.204. The second kappa shape index (κ2) is 5.45. The second-order valence-electron chi connectivity index (χ2n) is 4.95. The number of hydrogen-bond acceptors (Lipinski definition) is 5. The molecule has 0 spiro atoms. The van der Waals surface area contributed by atoms with Crippen LogP contribution >= 0.6 is 0 Å². The Bertz CT molecular complexity index is 384. The molecule has 100 valence electrons. The van der Waals surface area contributed by atoms with Crippen molar-refractivity contribution in [2.45, 2.75) is 19.4 Å². The Morgan fingerprint density at radius 1 is 1.56 bits per heavy atom. The van der Waals surface area contributed by atoms with Crippen LogP contribution in [0.15, 0.2) is 6.20 Å². The Balaban J connectivity index is 1.86. The molecule has 0 bridgehead atoms. The Morgan fingerprint density at radius 3 is 2.89 bits per heavy atom. The van der Waals surface area contributed by atoms with Gasteiger partial charge in [0.25, 0.3) is 5.91 Å². The summed E-state index contributed by atoms with van der Waals surface area (Å²) in [7, 11) is 0. The van der Waals surface area contributed by atoms with Gasteiger partial charge in [0.15, 0.2) is 5.69 Å². The fourth-order valence-electron chi connectivity index (χ4n) is 1.98. The van der Waals surface area contributed by atoms with Crippen molar-refractivity contribution in [1.82, 2.24) is 25.6 Å². The van der Waals surface area contributed by atoms with Crippen LogP contribution in [0.1, 0.15) is 24.3 Å². The molecule has 2 rings (SSSR count). The van der Waals surface area contributed by atoms with Crippen molar-refractivity contribution in [2.24, 2.45) is 0 Å². The third-order valence-corrected chi connectivity index (χ3v) is 3.20. The first kappa shape index (κ1) is 13.0. The van der Waals surface area contributed by atoms with E-state index in [1.807, 2.05) is 0 Å². The number of morpholine rings is 1. The first-order valence-electron chi connectivity index (χ1n) is 6.06. The van der Waals surface area contributed by atoms with Crippen LogP contribution in [-0.4, -0.2) is 64.6 Å². The van der Waals surface area contributed by atoms with Crippen molar-refractivity contribution in [3.63, 3.8) is 0 Å². The van der Waals surface area contributed by atoms with Crippen molar-refractivity contribution in [1.29, 1.82) is 0 Å². The summed E-state index contributed by atoms with van der Waals surface area (Å²) in [6.45, 7) is 8.09. The molecule has 0 aliphatic carbocycles. The number of rotatable bonds is 4. The van der Waals surface area contributed by atoms with Gasteiger partial charge in [0.2, 0.25) is 0 Å². The number of ether oxygens (including phenoxy) is 1. The topological polar surface area (TPSA) is 83.1 Å². The van der Waals surface area contributed by atoms with E-state index < -0.39 is 0 Å². The van der Waals surface area contributed by atoms with Crippen molar-refractivity contribution in [3.05, 3.63) is 11.9 Å². The number of aromatic nitrogens is 3. The van der Waals surface area contributed by atoms with Gasteiger partial charge in [0, 0.05) is 25.2 Å². The molecular formula is C11H19N5O2. The van der Waals surface area contributed by atoms with E-state index in [0.717, 1.165) is 26.3 Å². The van der Waals surface area contributed by atoms with Gasteiger partial charge in [-0.3, -0.25) is 9.69 Å². The summed E-state index contributed by atoms with van der Waals surface area (Å²) in [5.41, 5.74) is 0.219. The molecule has 18 heavy (non-hydrogen) atoms. The number of nitrogens with one attached hydrogen (secondary N) is 2. The molecule has 2 N–H and O–H groups in total. The number of carbonyl (C=O) groups is 1. The van der Waals surface area contributed by atoms with Crippen molar-refractivity contribution >= 4 is 5.91 Å². The second-order valence-corrected chi connectivity index (χ2v) is 4.95. The third-order valence-electron chi connectivity index (χ3n) is 3.20. The predicted molar refractivity (Wildman–Crippen MR) is 65.2 cm³/mol. The predicted octanol–water partition coefficient (Wildman–Crippen LogP) is -0.355. The lowest BCUT2D eigenvalue weighted by molar-refractivity contribution is -0.00924. The molecule has 2 heterocycles.